The van der Waals surface area contributed by atoms with Crippen LogP contribution in [0.15, 0.2) is 54.9 Å². The molecule has 35 heavy (non-hydrogen) atoms. The standard InChI is InChI=1S/C27H44N2O4P.BrH/c1-10-31-34(30,32-11-2)25(26(4,5)6)29(27(7,8)9)33-22(3)24-18-15-19-28(21-24)20-23-16-13-12-14-17-23;/h12-19,21-22,25H,10-11,20H2,1-9H3;1H/q+1;/p-1. The van der Waals surface area contributed by atoms with Crippen molar-refractivity contribution in [2.24, 2.45) is 5.41 Å². The van der Waals surface area contributed by atoms with Crippen molar-refractivity contribution in [2.75, 3.05) is 13.2 Å². The highest BCUT2D eigenvalue weighted by atomic mass is 79.9. The van der Waals surface area contributed by atoms with Gasteiger partial charge in [-0.25, -0.2) is 4.57 Å². The molecule has 0 saturated heterocycles. The van der Waals surface area contributed by atoms with Crippen LogP contribution in [-0.2, 0) is 25.0 Å². The van der Waals surface area contributed by atoms with Gasteiger partial charge in [-0.05, 0) is 53.0 Å². The molecule has 0 amide bonds. The first-order valence-electron chi connectivity index (χ1n) is 12.2. The Morgan fingerprint density at radius 2 is 1.51 bits per heavy atom. The summed E-state index contributed by atoms with van der Waals surface area (Å²) in [5.74, 6) is -0.595. The van der Waals surface area contributed by atoms with Gasteiger partial charge in [0, 0.05) is 22.7 Å². The number of pyridine rings is 1. The quantitative estimate of drug-likeness (QED) is 0.234. The molecule has 2 unspecified atom stereocenters. The fourth-order valence-electron chi connectivity index (χ4n) is 3.98. The number of aromatic nitrogens is 1. The van der Waals surface area contributed by atoms with Gasteiger partial charge in [0.1, 0.15) is 11.9 Å². The lowest BCUT2D eigenvalue weighted by molar-refractivity contribution is -0.689. The molecule has 0 bridgehead atoms. The minimum absolute atomic E-state index is 0. The largest absolute Gasteiger partial charge is 1.00 e. The second-order valence-corrected chi connectivity index (χ2v) is 12.7. The summed E-state index contributed by atoms with van der Waals surface area (Å²) in [6.07, 6.45) is 3.89. The van der Waals surface area contributed by atoms with Gasteiger partial charge in [0.05, 0.1) is 13.2 Å². The summed E-state index contributed by atoms with van der Waals surface area (Å²) in [6, 6.07) is 14.5. The smallest absolute Gasteiger partial charge is 0.350 e. The first kappa shape index (κ1) is 31.9. The van der Waals surface area contributed by atoms with Gasteiger partial charge in [0.25, 0.3) is 0 Å². The van der Waals surface area contributed by atoms with Crippen molar-refractivity contribution >= 4 is 7.60 Å². The number of hydrogen-bond donors (Lipinski definition) is 0. The maximum atomic E-state index is 14.1. The Hall–Kier alpha value is -1.08. The topological polar surface area (TPSA) is 51.9 Å². The van der Waals surface area contributed by atoms with Crippen LogP contribution in [0.1, 0.15) is 79.5 Å². The van der Waals surface area contributed by atoms with Gasteiger partial charge in [-0.2, -0.15) is 5.06 Å². The summed E-state index contributed by atoms with van der Waals surface area (Å²) in [4.78, 5) is 6.62. The third-order valence-corrected chi connectivity index (χ3v) is 8.23. The Kier molecular flexibility index (Phi) is 12.3. The predicted octanol–water partition coefficient (Wildman–Crippen LogP) is 3.76. The van der Waals surface area contributed by atoms with E-state index in [1.807, 2.05) is 70.9 Å². The second-order valence-electron chi connectivity index (χ2n) is 10.7. The van der Waals surface area contributed by atoms with Crippen molar-refractivity contribution in [1.29, 1.82) is 0 Å². The van der Waals surface area contributed by atoms with Gasteiger partial charge < -0.3 is 26.0 Å². The molecule has 6 nitrogen and oxygen atoms in total. The Morgan fingerprint density at radius 1 is 0.943 bits per heavy atom. The highest BCUT2D eigenvalue weighted by Gasteiger charge is 2.51. The summed E-state index contributed by atoms with van der Waals surface area (Å²) in [6.45, 7) is 19.4. The summed E-state index contributed by atoms with van der Waals surface area (Å²) in [5, 5.41) is 1.85. The van der Waals surface area contributed by atoms with Gasteiger partial charge in [-0.1, -0.05) is 51.1 Å². The lowest BCUT2D eigenvalue weighted by Crippen LogP contribution is -3.00. The fourth-order valence-corrected chi connectivity index (χ4v) is 6.67. The Bertz CT molecular complexity index is 934. The van der Waals surface area contributed by atoms with E-state index >= 15 is 0 Å². The zero-order valence-electron chi connectivity index (χ0n) is 22.8. The van der Waals surface area contributed by atoms with Crippen LogP contribution in [0.3, 0.4) is 0 Å². The Balaban J connectivity index is 0.00000612. The molecular weight excluding hydrogens is 527 g/mol. The minimum Gasteiger partial charge on any atom is -1.00 e. The Labute approximate surface area is 223 Å². The molecule has 0 aliphatic carbocycles. The monoisotopic (exact) mass is 570 g/mol. The SMILES string of the molecule is CCOP(=O)(OCC)C(N(OC(C)c1ccc[n+](Cc2ccccc2)c1)C(C)(C)C)C(C)(C)C.[Br-]. The maximum Gasteiger partial charge on any atom is 0.350 e. The summed E-state index contributed by atoms with van der Waals surface area (Å²) in [7, 11) is -3.51. The van der Waals surface area contributed by atoms with Crippen LogP contribution in [0.25, 0.3) is 0 Å². The van der Waals surface area contributed by atoms with Crippen LogP contribution in [0.5, 0.6) is 0 Å². The molecule has 2 aromatic rings. The number of hydrogen-bond acceptors (Lipinski definition) is 5. The second kappa shape index (κ2) is 13.5. The molecule has 0 saturated carbocycles. The van der Waals surface area contributed by atoms with E-state index in [9.17, 15) is 4.57 Å². The Morgan fingerprint density at radius 3 is 2.00 bits per heavy atom. The molecule has 0 aliphatic heterocycles. The lowest BCUT2D eigenvalue weighted by Gasteiger charge is -2.48. The van der Waals surface area contributed by atoms with Crippen LogP contribution >= 0.6 is 7.60 Å². The van der Waals surface area contributed by atoms with Gasteiger partial charge >= 0.3 is 7.60 Å². The van der Waals surface area contributed by atoms with Gasteiger partial charge in [0.2, 0.25) is 0 Å². The molecule has 1 aromatic carbocycles. The van der Waals surface area contributed by atoms with Crippen molar-refractivity contribution in [3.8, 4) is 0 Å². The number of benzene rings is 1. The molecule has 1 heterocycles. The molecule has 0 fully saturated rings. The van der Waals surface area contributed by atoms with E-state index in [4.69, 9.17) is 13.9 Å². The number of nitrogens with zero attached hydrogens (tertiary/aromatic N) is 2. The molecule has 198 valence electrons. The molecule has 1 aromatic heterocycles. The first-order chi connectivity index (χ1) is 15.8. The summed E-state index contributed by atoms with van der Waals surface area (Å²) >= 11 is 0. The molecule has 2 rings (SSSR count). The van der Waals surface area contributed by atoms with E-state index in [1.54, 1.807) is 0 Å². The average molecular weight is 572 g/mol. The summed E-state index contributed by atoms with van der Waals surface area (Å²) in [5.41, 5.74) is 1.38. The zero-order valence-corrected chi connectivity index (χ0v) is 25.3. The average Bonchev–Trinajstić information content (AvgIpc) is 2.73. The predicted molar refractivity (Wildman–Crippen MR) is 137 cm³/mol. The number of hydroxylamine groups is 2. The van der Waals surface area contributed by atoms with Gasteiger partial charge in [0.15, 0.2) is 18.9 Å². The van der Waals surface area contributed by atoms with Crippen LogP contribution in [-0.4, -0.2) is 29.6 Å². The maximum absolute atomic E-state index is 14.1. The van der Waals surface area contributed by atoms with Gasteiger partial charge in [-0.3, -0.25) is 9.40 Å². The first-order valence-corrected chi connectivity index (χ1v) is 13.8. The number of halogens is 1. The highest BCUT2D eigenvalue weighted by molar-refractivity contribution is 7.54. The van der Waals surface area contributed by atoms with E-state index < -0.39 is 24.3 Å². The zero-order chi connectivity index (χ0) is 25.6. The molecule has 0 spiro atoms. The minimum atomic E-state index is -3.51. The number of rotatable bonds is 11. The van der Waals surface area contributed by atoms with E-state index in [-0.39, 0.29) is 23.1 Å². The fraction of sp³-hybridized carbons (Fsp3) is 0.593. The van der Waals surface area contributed by atoms with Crippen LogP contribution in [0.4, 0.5) is 0 Å². The molecule has 0 aliphatic rings. The highest BCUT2D eigenvalue weighted by Crippen LogP contribution is 2.61. The van der Waals surface area contributed by atoms with Crippen molar-refractivity contribution in [2.45, 2.75) is 86.3 Å². The molecule has 2 atom stereocenters. The van der Waals surface area contributed by atoms with E-state index in [2.05, 4.69) is 55.9 Å². The molecular formula is C27H44BrN2O4P. The van der Waals surface area contributed by atoms with E-state index in [0.717, 1.165) is 12.1 Å². The third kappa shape index (κ3) is 9.07. The molecule has 8 heteroatoms. The van der Waals surface area contributed by atoms with Crippen LogP contribution < -0.4 is 21.5 Å². The van der Waals surface area contributed by atoms with E-state index in [1.165, 1.54) is 5.56 Å². The molecule has 0 radical (unpaired) electrons. The van der Waals surface area contributed by atoms with Crippen LogP contribution in [0, 0.1) is 5.41 Å². The van der Waals surface area contributed by atoms with Gasteiger partial charge in [-0.15, -0.1) is 0 Å². The lowest BCUT2D eigenvalue weighted by atomic mass is 9.94. The normalized spacial score (nSPS) is 14.5. The third-order valence-electron chi connectivity index (χ3n) is 5.41. The van der Waals surface area contributed by atoms with E-state index in [0.29, 0.717) is 13.2 Å². The van der Waals surface area contributed by atoms with Crippen molar-refractivity contribution in [3.63, 3.8) is 0 Å². The van der Waals surface area contributed by atoms with Crippen molar-refractivity contribution in [3.05, 3.63) is 66.0 Å². The van der Waals surface area contributed by atoms with Crippen molar-refractivity contribution in [1.82, 2.24) is 5.06 Å². The van der Waals surface area contributed by atoms with Crippen molar-refractivity contribution < 1.29 is 40.0 Å². The van der Waals surface area contributed by atoms with Crippen LogP contribution in [0.2, 0.25) is 0 Å². The summed E-state index contributed by atoms with van der Waals surface area (Å²) < 4.78 is 27.8. The molecule has 0 N–H and O–H groups in total.